The van der Waals surface area contributed by atoms with Gasteiger partial charge in [-0.1, -0.05) is 207 Å². The van der Waals surface area contributed by atoms with Crippen LogP contribution >= 0.6 is 0 Å². The lowest BCUT2D eigenvalue weighted by molar-refractivity contribution is 0.989. The van der Waals surface area contributed by atoms with Crippen LogP contribution in [0.15, 0.2) is 248 Å². The third-order valence-corrected chi connectivity index (χ3v) is 10.1. The molecule has 0 saturated carbocycles. The Labute approximate surface area is 341 Å². The molecule has 0 aromatic heterocycles. The molecule has 0 radical (unpaired) electrons. The molecule has 0 atom stereocenters. The van der Waals surface area contributed by atoms with E-state index in [4.69, 9.17) is 0 Å². The molecule has 57 heavy (non-hydrogen) atoms. The Morgan fingerprint density at radius 1 is 0.579 bits per heavy atom. The molecule has 0 heteroatoms. The fraction of sp³-hybridized carbons (Fsp3) is 0.0877. The SMILES string of the molecule is C=CC(/C=C/C=C\C=C/C)=C\C(=C/Cc1ccccc1)C1=CC=C(c2cccc(-c3cccc(C(/C=C(\C)c4ccccc4)=C/C(=C)c4ccccc4)c3)c2)CC1. The highest BCUT2D eigenvalue weighted by Gasteiger charge is 2.13. The second kappa shape index (κ2) is 20.8. The van der Waals surface area contributed by atoms with Gasteiger partial charge >= 0.3 is 0 Å². The van der Waals surface area contributed by atoms with Crippen molar-refractivity contribution in [3.63, 3.8) is 0 Å². The van der Waals surface area contributed by atoms with Crippen LogP contribution in [0, 0.1) is 0 Å². The van der Waals surface area contributed by atoms with E-state index in [9.17, 15) is 0 Å². The highest BCUT2D eigenvalue weighted by molar-refractivity contribution is 5.91. The summed E-state index contributed by atoms with van der Waals surface area (Å²) in [6.45, 7) is 12.8. The smallest absolute Gasteiger partial charge is 0.00883 e. The number of hydrogen-bond donors (Lipinski definition) is 0. The van der Waals surface area contributed by atoms with Crippen LogP contribution in [0.5, 0.6) is 0 Å². The van der Waals surface area contributed by atoms with E-state index >= 15 is 0 Å². The maximum Gasteiger partial charge on any atom is -0.00883 e. The molecule has 0 nitrogen and oxygen atoms in total. The van der Waals surface area contributed by atoms with Crippen molar-refractivity contribution in [3.05, 3.63) is 276 Å². The minimum atomic E-state index is 0.871. The third-order valence-electron chi connectivity index (χ3n) is 10.1. The lowest BCUT2D eigenvalue weighted by Gasteiger charge is -2.18. The van der Waals surface area contributed by atoms with Crippen molar-refractivity contribution in [1.29, 1.82) is 0 Å². The molecule has 0 aliphatic heterocycles. The summed E-state index contributed by atoms with van der Waals surface area (Å²) in [7, 11) is 0. The topological polar surface area (TPSA) is 0 Å². The maximum atomic E-state index is 4.46. The van der Waals surface area contributed by atoms with Crippen molar-refractivity contribution in [2.24, 2.45) is 0 Å². The lowest BCUT2D eigenvalue weighted by Crippen LogP contribution is -1.97. The minimum Gasteiger partial charge on any atom is -0.0985 e. The zero-order chi connectivity index (χ0) is 39.7. The van der Waals surface area contributed by atoms with Crippen LogP contribution < -0.4 is 0 Å². The summed E-state index contributed by atoms with van der Waals surface area (Å²) in [5.74, 6) is 0. The highest BCUT2D eigenvalue weighted by atomic mass is 14.2. The van der Waals surface area contributed by atoms with Crippen LogP contribution in [0.1, 0.15) is 54.5 Å². The van der Waals surface area contributed by atoms with E-state index in [1.54, 1.807) is 0 Å². The molecular weight excluding hydrogens is 685 g/mol. The van der Waals surface area contributed by atoms with E-state index in [0.29, 0.717) is 0 Å². The summed E-state index contributed by atoms with van der Waals surface area (Å²) >= 11 is 0. The van der Waals surface area contributed by atoms with Crippen LogP contribution in [-0.2, 0) is 6.42 Å². The van der Waals surface area contributed by atoms with E-state index in [1.807, 2.05) is 43.4 Å². The summed E-state index contributed by atoms with van der Waals surface area (Å²) < 4.78 is 0. The molecule has 0 unspecified atom stereocenters. The van der Waals surface area contributed by atoms with Gasteiger partial charge in [0.1, 0.15) is 0 Å². The Hall–Kier alpha value is -6.76. The molecule has 5 aromatic rings. The first kappa shape index (κ1) is 39.9. The van der Waals surface area contributed by atoms with Crippen LogP contribution in [0.2, 0.25) is 0 Å². The van der Waals surface area contributed by atoms with Gasteiger partial charge in [-0.05, 0) is 135 Å². The number of benzene rings is 5. The first-order valence-corrected chi connectivity index (χ1v) is 19.9. The Morgan fingerprint density at radius 2 is 1.21 bits per heavy atom. The average Bonchev–Trinajstić information content (AvgIpc) is 3.28. The maximum absolute atomic E-state index is 4.46. The van der Waals surface area contributed by atoms with Crippen molar-refractivity contribution >= 4 is 22.3 Å². The van der Waals surface area contributed by atoms with Gasteiger partial charge in [0.2, 0.25) is 0 Å². The molecule has 1 aliphatic carbocycles. The number of allylic oxidation sites excluding steroid dienone is 20. The monoisotopic (exact) mass is 736 g/mol. The van der Waals surface area contributed by atoms with Gasteiger partial charge in [-0.25, -0.2) is 0 Å². The summed E-state index contributed by atoms with van der Waals surface area (Å²) in [4.78, 5) is 0. The summed E-state index contributed by atoms with van der Waals surface area (Å²) in [6.07, 6.45) is 30.8. The van der Waals surface area contributed by atoms with Crippen LogP contribution in [0.4, 0.5) is 0 Å². The molecule has 0 N–H and O–H groups in total. The zero-order valence-corrected chi connectivity index (χ0v) is 33.3. The van der Waals surface area contributed by atoms with Gasteiger partial charge in [-0.2, -0.15) is 0 Å². The first-order chi connectivity index (χ1) is 28.0. The summed E-state index contributed by atoms with van der Waals surface area (Å²) in [6, 6.07) is 49.5. The van der Waals surface area contributed by atoms with Gasteiger partial charge in [0.05, 0.1) is 0 Å². The van der Waals surface area contributed by atoms with Crippen molar-refractivity contribution in [1.82, 2.24) is 0 Å². The normalized spacial score (nSPS) is 14.3. The second-order valence-corrected chi connectivity index (χ2v) is 14.2. The van der Waals surface area contributed by atoms with Gasteiger partial charge in [0, 0.05) is 0 Å². The van der Waals surface area contributed by atoms with E-state index < -0.39 is 0 Å². The predicted octanol–water partition coefficient (Wildman–Crippen LogP) is 15.6. The fourth-order valence-corrected chi connectivity index (χ4v) is 6.93. The highest BCUT2D eigenvalue weighted by Crippen LogP contribution is 2.34. The number of hydrogen-bond acceptors (Lipinski definition) is 0. The fourth-order valence-electron chi connectivity index (χ4n) is 6.93. The molecule has 0 bridgehead atoms. The van der Waals surface area contributed by atoms with Crippen LogP contribution in [0.3, 0.4) is 0 Å². The molecular formula is C57H52. The molecule has 0 fully saturated rings. The molecule has 0 saturated heterocycles. The Morgan fingerprint density at radius 3 is 1.89 bits per heavy atom. The molecule has 0 heterocycles. The van der Waals surface area contributed by atoms with Crippen molar-refractivity contribution in [3.8, 4) is 11.1 Å². The van der Waals surface area contributed by atoms with Crippen LogP contribution in [0.25, 0.3) is 33.4 Å². The van der Waals surface area contributed by atoms with E-state index in [0.717, 1.165) is 47.1 Å². The summed E-state index contributed by atoms with van der Waals surface area (Å²) in [5, 5.41) is 0. The third kappa shape index (κ3) is 11.6. The molecule has 0 amide bonds. The molecule has 6 rings (SSSR count). The summed E-state index contributed by atoms with van der Waals surface area (Å²) in [5.41, 5.74) is 16.7. The quantitative estimate of drug-likeness (QED) is 0.0939. The Bertz CT molecular complexity index is 2430. The average molecular weight is 737 g/mol. The molecule has 5 aromatic carbocycles. The van der Waals surface area contributed by atoms with Crippen molar-refractivity contribution in [2.75, 3.05) is 0 Å². The lowest BCUT2D eigenvalue weighted by atomic mass is 9.87. The first-order valence-electron chi connectivity index (χ1n) is 19.9. The van der Waals surface area contributed by atoms with Crippen molar-refractivity contribution in [2.45, 2.75) is 33.1 Å². The van der Waals surface area contributed by atoms with Gasteiger partial charge in [0.15, 0.2) is 0 Å². The number of rotatable bonds is 15. The van der Waals surface area contributed by atoms with E-state index in [1.165, 1.54) is 50.1 Å². The minimum absolute atomic E-state index is 0.871. The zero-order valence-electron chi connectivity index (χ0n) is 33.3. The van der Waals surface area contributed by atoms with E-state index in [-0.39, 0.29) is 0 Å². The standard InChI is InChI=1S/C57H52/c1-5-7-8-9-13-22-46(6-2)41-56(34-33-47-23-14-10-15-24-47)51-37-35-50(36-38-51)52-29-20-30-53(42-52)54-31-21-32-55(43-54)57(39-44(3)48-25-16-11-17-26-48)40-45(4)49-27-18-12-19-28-49/h5-32,34-35,37,39-43H,2-3,33,36,38H2,1,4H3/b7-5-,9-8-,22-13+,45-40+,46-41+,56-34+,57-39+. The molecule has 0 spiro atoms. The van der Waals surface area contributed by atoms with Gasteiger partial charge < -0.3 is 0 Å². The molecule has 280 valence electrons. The van der Waals surface area contributed by atoms with Crippen molar-refractivity contribution < 1.29 is 0 Å². The van der Waals surface area contributed by atoms with Crippen LogP contribution in [-0.4, -0.2) is 0 Å². The van der Waals surface area contributed by atoms with E-state index in [2.05, 4.69) is 202 Å². The molecule has 1 aliphatic rings. The Kier molecular flexibility index (Phi) is 14.6. The largest absolute Gasteiger partial charge is 0.0985 e. The van der Waals surface area contributed by atoms with Gasteiger partial charge in [-0.3, -0.25) is 0 Å². The van der Waals surface area contributed by atoms with Gasteiger partial charge in [-0.15, -0.1) is 0 Å². The predicted molar refractivity (Wildman–Crippen MR) is 250 cm³/mol. The van der Waals surface area contributed by atoms with Gasteiger partial charge in [0.25, 0.3) is 0 Å². The Balaban J connectivity index is 1.30. The second-order valence-electron chi connectivity index (χ2n) is 14.2.